The highest BCUT2D eigenvalue weighted by Crippen LogP contribution is 2.33. The van der Waals surface area contributed by atoms with Gasteiger partial charge in [0.1, 0.15) is 5.52 Å². The van der Waals surface area contributed by atoms with E-state index < -0.39 is 12.1 Å². The molecule has 1 saturated heterocycles. The van der Waals surface area contributed by atoms with E-state index in [0.717, 1.165) is 54.0 Å². The molecule has 0 spiro atoms. The van der Waals surface area contributed by atoms with E-state index in [0.29, 0.717) is 5.56 Å². The van der Waals surface area contributed by atoms with Crippen LogP contribution in [0.2, 0.25) is 0 Å². The van der Waals surface area contributed by atoms with Crippen LogP contribution in [0.1, 0.15) is 36.0 Å². The molecule has 0 N–H and O–H groups in total. The summed E-state index contributed by atoms with van der Waals surface area (Å²) in [7, 11) is 0. The number of hydrogen-bond donors (Lipinski definition) is 0. The second-order valence-electron chi connectivity index (χ2n) is 7.83. The van der Waals surface area contributed by atoms with Crippen molar-refractivity contribution in [2.75, 3.05) is 18.0 Å². The van der Waals surface area contributed by atoms with Gasteiger partial charge in [-0.2, -0.15) is 18.2 Å². The molecule has 0 saturated carbocycles. The number of aromatic nitrogens is 5. The maximum atomic E-state index is 12.7. The molecule has 7 nitrogen and oxygen atoms in total. The van der Waals surface area contributed by atoms with Gasteiger partial charge in [0.25, 0.3) is 0 Å². The van der Waals surface area contributed by atoms with E-state index in [2.05, 4.69) is 29.5 Å². The summed E-state index contributed by atoms with van der Waals surface area (Å²) in [5.41, 5.74) is 4.98. The van der Waals surface area contributed by atoms with Gasteiger partial charge >= 0.3 is 12.1 Å². The van der Waals surface area contributed by atoms with Crippen molar-refractivity contribution in [2.45, 2.75) is 31.9 Å². The normalized spacial score (nSPS) is 17.1. The van der Waals surface area contributed by atoms with Crippen LogP contribution in [0.15, 0.2) is 47.2 Å². The molecule has 0 unspecified atom stereocenters. The van der Waals surface area contributed by atoms with Crippen molar-refractivity contribution in [3.05, 3.63) is 60.0 Å². The zero-order chi connectivity index (χ0) is 22.3. The van der Waals surface area contributed by atoms with Gasteiger partial charge in [-0.05, 0) is 50.1 Å². The summed E-state index contributed by atoms with van der Waals surface area (Å²) in [4.78, 5) is 19.3. The smallest absolute Gasteiger partial charge is 0.369 e. The molecular weight excluding hydrogens is 421 g/mol. The Morgan fingerprint density at radius 1 is 1.06 bits per heavy atom. The first kappa shape index (κ1) is 20.3. The third-order valence-corrected chi connectivity index (χ3v) is 5.60. The lowest BCUT2D eigenvalue weighted by Gasteiger charge is -2.34. The van der Waals surface area contributed by atoms with Crippen LogP contribution in [0.4, 0.5) is 18.9 Å². The van der Waals surface area contributed by atoms with Crippen molar-refractivity contribution >= 4 is 16.7 Å². The van der Waals surface area contributed by atoms with E-state index in [4.69, 9.17) is 4.98 Å². The van der Waals surface area contributed by atoms with E-state index >= 15 is 0 Å². The molecular formula is C22H19F3N6O. The molecule has 1 atom stereocenters. The molecule has 1 fully saturated rings. The SMILES string of the molecule is Cc1ccc2nccc(N3CCC[C@@H](c4ccc(-c5noc(C(F)(F)F)n5)cn4)C3)c2n1. The van der Waals surface area contributed by atoms with Gasteiger partial charge < -0.3 is 9.42 Å². The quantitative estimate of drug-likeness (QED) is 0.453. The number of alkyl halides is 3. The number of pyridine rings is 3. The first-order valence-corrected chi connectivity index (χ1v) is 10.2. The summed E-state index contributed by atoms with van der Waals surface area (Å²) in [5, 5.41) is 3.42. The zero-order valence-electron chi connectivity index (χ0n) is 17.2. The number of nitrogens with zero attached hydrogens (tertiary/aromatic N) is 6. The van der Waals surface area contributed by atoms with E-state index in [-0.39, 0.29) is 11.7 Å². The van der Waals surface area contributed by atoms with E-state index in [1.165, 1.54) is 6.20 Å². The number of halogens is 3. The van der Waals surface area contributed by atoms with Crippen LogP contribution < -0.4 is 4.90 Å². The minimum Gasteiger partial charge on any atom is -0.369 e. The topological polar surface area (TPSA) is 80.8 Å². The van der Waals surface area contributed by atoms with Crippen LogP contribution in [0.3, 0.4) is 0 Å². The fourth-order valence-corrected chi connectivity index (χ4v) is 4.04. The molecule has 4 aromatic rings. The molecule has 1 aliphatic rings. The number of piperidine rings is 1. The van der Waals surface area contributed by atoms with Gasteiger partial charge in [-0.15, -0.1) is 0 Å². The summed E-state index contributed by atoms with van der Waals surface area (Å²) in [6, 6.07) is 9.41. The zero-order valence-corrected chi connectivity index (χ0v) is 17.2. The monoisotopic (exact) mass is 440 g/mol. The number of hydrogen-bond acceptors (Lipinski definition) is 7. The highest BCUT2D eigenvalue weighted by Gasteiger charge is 2.38. The summed E-state index contributed by atoms with van der Waals surface area (Å²) >= 11 is 0. The van der Waals surface area contributed by atoms with Crippen molar-refractivity contribution in [3.8, 4) is 11.4 Å². The van der Waals surface area contributed by atoms with Gasteiger partial charge in [-0.1, -0.05) is 5.16 Å². The minimum absolute atomic E-state index is 0.133. The second-order valence-corrected chi connectivity index (χ2v) is 7.83. The number of fused-ring (bicyclic) bond motifs is 1. The number of anilines is 1. The predicted molar refractivity (Wildman–Crippen MR) is 111 cm³/mol. The van der Waals surface area contributed by atoms with Crippen LogP contribution >= 0.6 is 0 Å². The fourth-order valence-electron chi connectivity index (χ4n) is 4.04. The van der Waals surface area contributed by atoms with Crippen molar-refractivity contribution < 1.29 is 17.7 Å². The average Bonchev–Trinajstić information content (AvgIpc) is 3.30. The lowest BCUT2D eigenvalue weighted by Crippen LogP contribution is -2.34. The summed E-state index contributed by atoms with van der Waals surface area (Å²) in [6.07, 6.45) is 0.578. The lowest BCUT2D eigenvalue weighted by molar-refractivity contribution is -0.159. The van der Waals surface area contributed by atoms with Crippen LogP contribution in [-0.2, 0) is 6.18 Å². The third-order valence-electron chi connectivity index (χ3n) is 5.60. The molecule has 10 heteroatoms. The highest BCUT2D eigenvalue weighted by atomic mass is 19.4. The van der Waals surface area contributed by atoms with Crippen LogP contribution in [0.25, 0.3) is 22.4 Å². The van der Waals surface area contributed by atoms with Crippen molar-refractivity contribution in [2.24, 2.45) is 0 Å². The molecule has 0 aliphatic carbocycles. The van der Waals surface area contributed by atoms with Crippen LogP contribution in [-0.4, -0.2) is 38.2 Å². The molecule has 1 aliphatic heterocycles. The molecule has 0 aromatic carbocycles. The maximum Gasteiger partial charge on any atom is 0.471 e. The van der Waals surface area contributed by atoms with E-state index in [1.54, 1.807) is 12.3 Å². The molecule has 5 heterocycles. The molecule has 5 rings (SSSR count). The molecule has 0 bridgehead atoms. The Kier molecular flexibility index (Phi) is 4.99. The Morgan fingerprint density at radius 3 is 2.69 bits per heavy atom. The molecule has 0 amide bonds. The van der Waals surface area contributed by atoms with Crippen LogP contribution in [0.5, 0.6) is 0 Å². The van der Waals surface area contributed by atoms with Gasteiger partial charge in [0.15, 0.2) is 0 Å². The van der Waals surface area contributed by atoms with Gasteiger partial charge in [-0.3, -0.25) is 9.97 Å². The van der Waals surface area contributed by atoms with Gasteiger partial charge in [0.05, 0.1) is 11.2 Å². The van der Waals surface area contributed by atoms with Gasteiger partial charge in [0, 0.05) is 48.4 Å². The Labute approximate surface area is 181 Å². The standard InChI is InChI=1S/C22H19F3N6O/c1-13-4-6-17-19(28-13)18(8-9-26-17)31-10-2-3-15(12-31)16-7-5-14(11-27-16)20-29-21(32-30-20)22(23,24)25/h4-9,11,15H,2-3,10,12H2,1H3/t15-/m1/s1. The van der Waals surface area contributed by atoms with Gasteiger partial charge in [-0.25, -0.2) is 4.98 Å². The molecule has 164 valence electrons. The fraction of sp³-hybridized carbons (Fsp3) is 0.318. The van der Waals surface area contributed by atoms with Crippen molar-refractivity contribution in [3.63, 3.8) is 0 Å². The number of rotatable bonds is 3. The minimum atomic E-state index is -4.67. The predicted octanol–water partition coefficient (Wildman–Crippen LogP) is 4.79. The Morgan fingerprint density at radius 2 is 1.94 bits per heavy atom. The first-order valence-electron chi connectivity index (χ1n) is 10.2. The molecule has 4 aromatic heterocycles. The molecule has 0 radical (unpaired) electrons. The highest BCUT2D eigenvalue weighted by molar-refractivity contribution is 5.88. The Bertz CT molecular complexity index is 1250. The average molecular weight is 440 g/mol. The van der Waals surface area contributed by atoms with Gasteiger partial charge in [0.2, 0.25) is 5.82 Å². The lowest BCUT2D eigenvalue weighted by atomic mass is 9.93. The summed E-state index contributed by atoms with van der Waals surface area (Å²) in [6.45, 7) is 3.63. The third kappa shape index (κ3) is 3.88. The Balaban J connectivity index is 1.37. The molecule has 32 heavy (non-hydrogen) atoms. The second kappa shape index (κ2) is 7.85. The maximum absolute atomic E-state index is 12.7. The summed E-state index contributed by atoms with van der Waals surface area (Å²) in [5.74, 6) is -1.32. The van der Waals surface area contributed by atoms with Crippen molar-refractivity contribution in [1.82, 2.24) is 25.1 Å². The van der Waals surface area contributed by atoms with E-state index in [9.17, 15) is 13.2 Å². The van der Waals surface area contributed by atoms with Crippen LogP contribution in [0, 0.1) is 6.92 Å². The Hall–Kier alpha value is -3.56. The van der Waals surface area contributed by atoms with E-state index in [1.807, 2.05) is 31.2 Å². The first-order chi connectivity index (χ1) is 15.4. The largest absolute Gasteiger partial charge is 0.471 e. The summed E-state index contributed by atoms with van der Waals surface area (Å²) < 4.78 is 42.4. The van der Waals surface area contributed by atoms with Crippen molar-refractivity contribution in [1.29, 1.82) is 0 Å². The number of aryl methyl sites for hydroxylation is 1.